The normalized spacial score (nSPS) is 13.1. The van der Waals surface area contributed by atoms with Gasteiger partial charge in [0.25, 0.3) is 0 Å². The average Bonchev–Trinajstić information content (AvgIpc) is 2.19. The van der Waals surface area contributed by atoms with Crippen LogP contribution in [0.1, 0.15) is 25.8 Å². The molecule has 0 amide bonds. The molecule has 0 aliphatic carbocycles. The molecule has 0 bridgehead atoms. The smallest absolute Gasteiger partial charge is 0.0175 e. The summed E-state index contributed by atoms with van der Waals surface area (Å²) in [5.74, 6) is 1.35. The summed E-state index contributed by atoms with van der Waals surface area (Å²) in [5.41, 5.74) is 7.17. The second-order valence-corrected chi connectivity index (χ2v) is 5.48. The van der Waals surface area contributed by atoms with E-state index in [0.717, 1.165) is 23.4 Å². The Hall–Kier alpha value is -0.340. The first kappa shape index (κ1) is 12.7. The minimum atomic E-state index is 0.617. The van der Waals surface area contributed by atoms with Crippen molar-refractivity contribution >= 4 is 15.9 Å². The van der Waals surface area contributed by atoms with Gasteiger partial charge in [0.2, 0.25) is 0 Å². The fraction of sp³-hybridized carbons (Fsp3) is 0.538. The molecule has 0 aliphatic heterocycles. The van der Waals surface area contributed by atoms with Crippen LogP contribution in [0.3, 0.4) is 0 Å². The van der Waals surface area contributed by atoms with Gasteiger partial charge in [-0.25, -0.2) is 0 Å². The molecule has 0 saturated carbocycles. The molecule has 0 radical (unpaired) electrons. The summed E-state index contributed by atoms with van der Waals surface area (Å²) in [7, 11) is 0. The molecule has 84 valence electrons. The Bertz CT molecular complexity index is 279. The Balaban J connectivity index is 2.54. The molecule has 0 spiro atoms. The second kappa shape index (κ2) is 6.29. The van der Waals surface area contributed by atoms with E-state index in [2.05, 4.69) is 54.0 Å². The highest BCUT2D eigenvalue weighted by atomic mass is 79.9. The van der Waals surface area contributed by atoms with Crippen molar-refractivity contribution in [1.82, 2.24) is 0 Å². The predicted octanol–water partition coefficient (Wildman–Crippen LogP) is 3.61. The van der Waals surface area contributed by atoms with Gasteiger partial charge >= 0.3 is 0 Å². The highest BCUT2D eigenvalue weighted by Crippen LogP contribution is 2.18. The van der Waals surface area contributed by atoms with Gasteiger partial charge in [0, 0.05) is 4.47 Å². The average molecular weight is 270 g/mol. The zero-order valence-electron chi connectivity index (χ0n) is 9.54. The summed E-state index contributed by atoms with van der Waals surface area (Å²) in [5, 5.41) is 0. The number of hydrogen-bond acceptors (Lipinski definition) is 1. The minimum absolute atomic E-state index is 0.617. The lowest BCUT2D eigenvalue weighted by atomic mass is 9.91. The molecule has 1 unspecified atom stereocenters. The van der Waals surface area contributed by atoms with Crippen LogP contribution in [0, 0.1) is 11.8 Å². The molecule has 0 aliphatic rings. The van der Waals surface area contributed by atoms with Gasteiger partial charge in [-0.2, -0.15) is 0 Å². The first-order chi connectivity index (χ1) is 7.11. The van der Waals surface area contributed by atoms with Crippen LogP contribution in [0.5, 0.6) is 0 Å². The molecular weight excluding hydrogens is 250 g/mol. The van der Waals surface area contributed by atoms with Crippen molar-refractivity contribution in [1.29, 1.82) is 0 Å². The summed E-state index contributed by atoms with van der Waals surface area (Å²) < 4.78 is 1.14. The van der Waals surface area contributed by atoms with E-state index in [4.69, 9.17) is 5.73 Å². The van der Waals surface area contributed by atoms with Gasteiger partial charge in [-0.3, -0.25) is 0 Å². The molecule has 15 heavy (non-hydrogen) atoms. The van der Waals surface area contributed by atoms with Crippen molar-refractivity contribution in [2.75, 3.05) is 6.54 Å². The third-order valence-electron chi connectivity index (χ3n) is 2.58. The monoisotopic (exact) mass is 269 g/mol. The lowest BCUT2D eigenvalue weighted by Gasteiger charge is -2.16. The zero-order valence-corrected chi connectivity index (χ0v) is 11.1. The maximum atomic E-state index is 5.79. The first-order valence-electron chi connectivity index (χ1n) is 5.56. The van der Waals surface area contributed by atoms with E-state index >= 15 is 0 Å². The van der Waals surface area contributed by atoms with Gasteiger partial charge in [-0.05, 0) is 48.9 Å². The Labute approximate surface area is 101 Å². The maximum Gasteiger partial charge on any atom is 0.0175 e. The summed E-state index contributed by atoms with van der Waals surface area (Å²) >= 11 is 3.44. The highest BCUT2D eigenvalue weighted by molar-refractivity contribution is 9.10. The van der Waals surface area contributed by atoms with Crippen molar-refractivity contribution < 1.29 is 0 Å². The molecule has 2 N–H and O–H groups in total. The van der Waals surface area contributed by atoms with E-state index in [9.17, 15) is 0 Å². The third kappa shape index (κ3) is 4.80. The van der Waals surface area contributed by atoms with E-state index in [-0.39, 0.29) is 0 Å². The molecule has 0 heterocycles. The van der Waals surface area contributed by atoms with Crippen molar-refractivity contribution in [2.45, 2.75) is 26.7 Å². The van der Waals surface area contributed by atoms with E-state index in [0.29, 0.717) is 5.92 Å². The predicted molar refractivity (Wildman–Crippen MR) is 69.8 cm³/mol. The van der Waals surface area contributed by atoms with Gasteiger partial charge in [0.05, 0.1) is 0 Å². The van der Waals surface area contributed by atoms with Crippen LogP contribution in [0.15, 0.2) is 28.7 Å². The molecule has 1 aromatic carbocycles. The first-order valence-corrected chi connectivity index (χ1v) is 6.35. The zero-order chi connectivity index (χ0) is 11.3. The fourth-order valence-corrected chi connectivity index (χ4v) is 2.15. The van der Waals surface area contributed by atoms with E-state index in [1.165, 1.54) is 12.0 Å². The van der Waals surface area contributed by atoms with Crippen molar-refractivity contribution in [3.8, 4) is 0 Å². The van der Waals surface area contributed by atoms with Crippen LogP contribution in [0.4, 0.5) is 0 Å². The Morgan fingerprint density at radius 1 is 1.20 bits per heavy atom. The van der Waals surface area contributed by atoms with Gasteiger partial charge in [0.1, 0.15) is 0 Å². The Kier molecular flexibility index (Phi) is 5.34. The van der Waals surface area contributed by atoms with E-state index in [1.807, 2.05) is 0 Å². The van der Waals surface area contributed by atoms with Gasteiger partial charge in [0.15, 0.2) is 0 Å². The lowest BCUT2D eigenvalue weighted by molar-refractivity contribution is 0.415. The molecule has 1 nitrogen and oxygen atoms in total. The van der Waals surface area contributed by atoms with E-state index < -0.39 is 0 Å². The molecule has 0 aromatic heterocycles. The van der Waals surface area contributed by atoms with Crippen LogP contribution in [-0.2, 0) is 6.42 Å². The van der Waals surface area contributed by atoms with Crippen LogP contribution in [-0.4, -0.2) is 6.54 Å². The highest BCUT2D eigenvalue weighted by Gasteiger charge is 2.09. The summed E-state index contributed by atoms with van der Waals surface area (Å²) in [6.45, 7) is 5.29. The molecule has 1 atom stereocenters. The van der Waals surface area contributed by atoms with Crippen LogP contribution < -0.4 is 5.73 Å². The number of rotatable bonds is 5. The van der Waals surface area contributed by atoms with Gasteiger partial charge < -0.3 is 5.73 Å². The summed E-state index contributed by atoms with van der Waals surface area (Å²) in [6.07, 6.45) is 2.31. The largest absolute Gasteiger partial charge is 0.330 e. The quantitative estimate of drug-likeness (QED) is 0.869. The Morgan fingerprint density at radius 3 is 2.27 bits per heavy atom. The van der Waals surface area contributed by atoms with Crippen LogP contribution >= 0.6 is 15.9 Å². The fourth-order valence-electron chi connectivity index (χ4n) is 1.88. The van der Waals surface area contributed by atoms with Gasteiger partial charge in [-0.15, -0.1) is 0 Å². The third-order valence-corrected chi connectivity index (χ3v) is 3.10. The molecule has 0 saturated heterocycles. The van der Waals surface area contributed by atoms with Crippen LogP contribution in [0.25, 0.3) is 0 Å². The SMILES string of the molecule is CC(C)CC(CN)Cc1ccc(Br)cc1. The molecule has 1 aromatic rings. The molecule has 0 fully saturated rings. The minimum Gasteiger partial charge on any atom is -0.330 e. The molecule has 1 rings (SSSR count). The Morgan fingerprint density at radius 2 is 1.80 bits per heavy atom. The number of halogens is 1. The molecular formula is C13H20BrN. The lowest BCUT2D eigenvalue weighted by Crippen LogP contribution is -2.18. The van der Waals surface area contributed by atoms with Crippen molar-refractivity contribution in [3.05, 3.63) is 34.3 Å². The number of nitrogens with two attached hydrogens (primary N) is 1. The van der Waals surface area contributed by atoms with Crippen molar-refractivity contribution in [2.24, 2.45) is 17.6 Å². The second-order valence-electron chi connectivity index (χ2n) is 4.56. The molecule has 2 heteroatoms. The van der Waals surface area contributed by atoms with Gasteiger partial charge in [-0.1, -0.05) is 41.9 Å². The summed E-state index contributed by atoms with van der Waals surface area (Å²) in [4.78, 5) is 0. The van der Waals surface area contributed by atoms with E-state index in [1.54, 1.807) is 0 Å². The number of benzene rings is 1. The standard InChI is InChI=1S/C13H20BrN/c1-10(2)7-12(9-15)8-11-3-5-13(14)6-4-11/h3-6,10,12H,7-9,15H2,1-2H3. The maximum absolute atomic E-state index is 5.79. The topological polar surface area (TPSA) is 26.0 Å². The number of hydrogen-bond donors (Lipinski definition) is 1. The summed E-state index contributed by atoms with van der Waals surface area (Å²) in [6, 6.07) is 8.54. The van der Waals surface area contributed by atoms with Crippen LogP contribution in [0.2, 0.25) is 0 Å². The van der Waals surface area contributed by atoms with Crippen molar-refractivity contribution in [3.63, 3.8) is 0 Å².